The first-order valence-electron chi connectivity index (χ1n) is 6.52. The number of halogens is 1. The van der Waals surface area contributed by atoms with Crippen LogP contribution in [0, 0.1) is 5.82 Å². The lowest BCUT2D eigenvalue weighted by atomic mass is 10.0. The minimum atomic E-state index is -1.20. The van der Waals surface area contributed by atoms with Crippen molar-refractivity contribution in [2.75, 3.05) is 7.05 Å². The second-order valence-electron chi connectivity index (χ2n) is 4.63. The van der Waals surface area contributed by atoms with Gasteiger partial charge in [0, 0.05) is 10.9 Å². The Morgan fingerprint density at radius 3 is 2.20 bits per heavy atom. The van der Waals surface area contributed by atoms with E-state index in [9.17, 15) is 8.60 Å². The van der Waals surface area contributed by atoms with Crippen molar-refractivity contribution in [2.24, 2.45) is 0 Å². The van der Waals surface area contributed by atoms with Gasteiger partial charge in [0.2, 0.25) is 0 Å². The van der Waals surface area contributed by atoms with E-state index in [0.717, 1.165) is 5.56 Å². The van der Waals surface area contributed by atoms with Gasteiger partial charge in [0.1, 0.15) is 5.82 Å². The van der Waals surface area contributed by atoms with Gasteiger partial charge in [-0.05, 0) is 43.8 Å². The summed E-state index contributed by atoms with van der Waals surface area (Å²) in [6, 6.07) is 15.8. The first kappa shape index (κ1) is 14.9. The molecule has 2 nitrogen and oxygen atoms in total. The van der Waals surface area contributed by atoms with Crippen LogP contribution in [-0.2, 0) is 10.8 Å². The molecule has 0 heterocycles. The molecular formula is C16H18FNOS. The Kier molecular flexibility index (Phi) is 5.04. The smallest absolute Gasteiger partial charge is 0.123 e. The molecular weight excluding hydrogens is 273 g/mol. The average Bonchev–Trinajstić information content (AvgIpc) is 2.49. The van der Waals surface area contributed by atoms with Gasteiger partial charge in [-0.15, -0.1) is 0 Å². The molecule has 2 aromatic carbocycles. The van der Waals surface area contributed by atoms with Crippen molar-refractivity contribution in [2.45, 2.75) is 23.1 Å². The summed E-state index contributed by atoms with van der Waals surface area (Å²) in [4.78, 5) is 0.648. The molecule has 2 rings (SSSR count). The number of hydrogen-bond acceptors (Lipinski definition) is 2. The van der Waals surface area contributed by atoms with E-state index >= 15 is 0 Å². The van der Waals surface area contributed by atoms with Crippen LogP contribution in [0.15, 0.2) is 59.5 Å². The fourth-order valence-corrected chi connectivity index (χ4v) is 3.61. The van der Waals surface area contributed by atoms with Gasteiger partial charge in [-0.2, -0.15) is 0 Å². The van der Waals surface area contributed by atoms with Crippen molar-refractivity contribution in [3.63, 3.8) is 0 Å². The van der Waals surface area contributed by atoms with Gasteiger partial charge in [-0.25, -0.2) is 4.39 Å². The van der Waals surface area contributed by atoms with Crippen molar-refractivity contribution >= 4 is 10.8 Å². The fourth-order valence-electron chi connectivity index (χ4n) is 2.24. The molecule has 0 bridgehead atoms. The SMILES string of the molecule is CNC(c1ccccc1)C(C)S(=O)c1ccc(F)cc1. The molecule has 0 aliphatic heterocycles. The van der Waals surface area contributed by atoms with Gasteiger partial charge in [-0.3, -0.25) is 4.21 Å². The Morgan fingerprint density at radius 1 is 1.05 bits per heavy atom. The van der Waals surface area contributed by atoms with Gasteiger partial charge in [0.15, 0.2) is 0 Å². The lowest BCUT2D eigenvalue weighted by molar-refractivity contribution is 0.570. The summed E-state index contributed by atoms with van der Waals surface area (Å²) in [6.45, 7) is 1.94. The van der Waals surface area contributed by atoms with E-state index in [1.165, 1.54) is 12.1 Å². The Bertz CT molecular complexity index is 571. The Morgan fingerprint density at radius 2 is 1.65 bits per heavy atom. The van der Waals surface area contributed by atoms with Crippen LogP contribution in [0.2, 0.25) is 0 Å². The molecule has 0 aliphatic rings. The molecule has 0 aromatic heterocycles. The molecule has 2 aromatic rings. The molecule has 106 valence electrons. The van der Waals surface area contributed by atoms with Crippen molar-refractivity contribution in [1.29, 1.82) is 0 Å². The van der Waals surface area contributed by atoms with Gasteiger partial charge < -0.3 is 5.32 Å². The van der Waals surface area contributed by atoms with Crippen molar-refractivity contribution in [1.82, 2.24) is 5.32 Å². The number of hydrogen-bond donors (Lipinski definition) is 1. The van der Waals surface area contributed by atoms with Crippen LogP contribution in [0.5, 0.6) is 0 Å². The zero-order valence-electron chi connectivity index (χ0n) is 11.5. The van der Waals surface area contributed by atoms with E-state index in [2.05, 4.69) is 5.32 Å². The maximum absolute atomic E-state index is 12.9. The molecule has 4 heteroatoms. The Labute approximate surface area is 121 Å². The quantitative estimate of drug-likeness (QED) is 0.916. The standard InChI is InChI=1S/C16H18FNOS/c1-12(16(18-2)13-6-4-3-5-7-13)20(19)15-10-8-14(17)9-11-15/h3-12,16,18H,1-2H3. The van der Waals surface area contributed by atoms with E-state index in [0.29, 0.717) is 4.90 Å². The third kappa shape index (κ3) is 3.32. The normalized spacial score (nSPS) is 15.6. The van der Waals surface area contributed by atoms with E-state index < -0.39 is 10.8 Å². The van der Waals surface area contributed by atoms with E-state index in [4.69, 9.17) is 0 Å². The molecule has 0 amide bonds. The third-order valence-electron chi connectivity index (χ3n) is 3.32. The van der Waals surface area contributed by atoms with Gasteiger partial charge in [-0.1, -0.05) is 30.3 Å². The molecule has 0 saturated carbocycles. The summed E-state index contributed by atoms with van der Waals surface area (Å²) in [6.07, 6.45) is 0. The lowest BCUT2D eigenvalue weighted by Gasteiger charge is -2.23. The number of rotatable bonds is 5. The zero-order valence-corrected chi connectivity index (χ0v) is 12.4. The highest BCUT2D eigenvalue weighted by molar-refractivity contribution is 7.85. The molecule has 0 aliphatic carbocycles. The molecule has 1 N–H and O–H groups in total. The summed E-state index contributed by atoms with van der Waals surface area (Å²) in [7, 11) is 0.661. The number of nitrogens with one attached hydrogen (secondary N) is 1. The molecule has 3 atom stereocenters. The largest absolute Gasteiger partial charge is 0.312 e. The first-order chi connectivity index (χ1) is 9.63. The molecule has 0 radical (unpaired) electrons. The summed E-state index contributed by atoms with van der Waals surface area (Å²) in [5.41, 5.74) is 1.10. The monoisotopic (exact) mass is 291 g/mol. The number of benzene rings is 2. The highest BCUT2D eigenvalue weighted by Crippen LogP contribution is 2.24. The van der Waals surface area contributed by atoms with Gasteiger partial charge in [0.05, 0.1) is 16.0 Å². The maximum atomic E-state index is 12.9. The van der Waals surface area contributed by atoms with Crippen LogP contribution < -0.4 is 5.32 Å². The van der Waals surface area contributed by atoms with Crippen LogP contribution in [-0.4, -0.2) is 16.5 Å². The van der Waals surface area contributed by atoms with E-state index in [-0.39, 0.29) is 17.1 Å². The second kappa shape index (κ2) is 6.77. The highest BCUT2D eigenvalue weighted by atomic mass is 32.2. The minimum absolute atomic E-state index is 0.0120. The van der Waals surface area contributed by atoms with Gasteiger partial charge in [0.25, 0.3) is 0 Å². The van der Waals surface area contributed by atoms with Crippen LogP contribution in [0.25, 0.3) is 0 Å². The first-order valence-corrected chi connectivity index (χ1v) is 7.73. The molecule has 0 fully saturated rings. The van der Waals surface area contributed by atoms with Crippen molar-refractivity contribution in [3.8, 4) is 0 Å². The van der Waals surface area contributed by atoms with Crippen LogP contribution >= 0.6 is 0 Å². The molecule has 0 spiro atoms. The highest BCUT2D eigenvalue weighted by Gasteiger charge is 2.23. The van der Waals surface area contributed by atoms with Gasteiger partial charge >= 0.3 is 0 Å². The molecule has 20 heavy (non-hydrogen) atoms. The summed E-state index contributed by atoms with van der Waals surface area (Å²) in [5, 5.41) is 3.10. The maximum Gasteiger partial charge on any atom is 0.123 e. The lowest BCUT2D eigenvalue weighted by Crippen LogP contribution is -2.30. The van der Waals surface area contributed by atoms with Crippen molar-refractivity contribution in [3.05, 3.63) is 66.0 Å². The second-order valence-corrected chi connectivity index (χ2v) is 6.44. The molecule has 3 unspecified atom stereocenters. The third-order valence-corrected chi connectivity index (χ3v) is 5.01. The Hall–Kier alpha value is -1.52. The van der Waals surface area contributed by atoms with Crippen LogP contribution in [0.1, 0.15) is 18.5 Å². The minimum Gasteiger partial charge on any atom is -0.312 e. The molecule has 0 saturated heterocycles. The van der Waals surface area contributed by atoms with Crippen molar-refractivity contribution < 1.29 is 8.60 Å². The summed E-state index contributed by atoms with van der Waals surface area (Å²) in [5.74, 6) is -0.313. The van der Waals surface area contributed by atoms with E-state index in [1.54, 1.807) is 12.1 Å². The van der Waals surface area contributed by atoms with Crippen LogP contribution in [0.3, 0.4) is 0 Å². The predicted octanol–water partition coefficient (Wildman–Crippen LogP) is 3.28. The van der Waals surface area contributed by atoms with E-state index in [1.807, 2.05) is 44.3 Å². The fraction of sp³-hybridized carbons (Fsp3) is 0.250. The Balaban J connectivity index is 2.22. The summed E-state index contributed by atoms with van der Waals surface area (Å²) >= 11 is 0. The average molecular weight is 291 g/mol. The zero-order chi connectivity index (χ0) is 14.5. The summed E-state index contributed by atoms with van der Waals surface area (Å²) < 4.78 is 25.5. The predicted molar refractivity (Wildman–Crippen MR) is 80.5 cm³/mol. The van der Waals surface area contributed by atoms with Crippen LogP contribution in [0.4, 0.5) is 4.39 Å². The topological polar surface area (TPSA) is 29.1 Å².